The molecule has 2 saturated heterocycles. The zero-order valence-electron chi connectivity index (χ0n) is 42.3. The summed E-state index contributed by atoms with van der Waals surface area (Å²) in [4.78, 5) is 75.8. The third kappa shape index (κ3) is 14.3. The van der Waals surface area contributed by atoms with E-state index in [-0.39, 0.29) is 58.2 Å². The molecule has 0 spiro atoms. The first kappa shape index (κ1) is 53.9. The fourth-order valence-corrected chi connectivity index (χ4v) is 9.76. The van der Waals surface area contributed by atoms with Crippen molar-refractivity contribution in [1.82, 2.24) is 40.4 Å². The van der Waals surface area contributed by atoms with Crippen LogP contribution in [0.5, 0.6) is 0 Å². The molecule has 0 saturated carbocycles. The Hall–Kier alpha value is -5.04. The molecule has 68 heavy (non-hydrogen) atoms. The molecule has 4 amide bonds. The molecule has 2 fully saturated rings. The van der Waals surface area contributed by atoms with E-state index in [1.807, 2.05) is 42.7 Å². The Kier molecular flexibility index (Phi) is 17.9. The van der Waals surface area contributed by atoms with Crippen LogP contribution in [0.3, 0.4) is 0 Å². The van der Waals surface area contributed by atoms with Gasteiger partial charge in [0, 0.05) is 73.4 Å². The lowest BCUT2D eigenvalue weighted by Crippen LogP contribution is -2.42. The Morgan fingerprint density at radius 1 is 0.721 bits per heavy atom. The number of aliphatic hydroxyl groups is 2. The Morgan fingerprint density at radius 2 is 1.16 bits per heavy atom. The number of piperidine rings is 1. The summed E-state index contributed by atoms with van der Waals surface area (Å²) in [7, 11) is 0. The smallest absolute Gasteiger partial charge is 0.280 e. The van der Waals surface area contributed by atoms with Crippen LogP contribution in [0.25, 0.3) is 20.9 Å². The minimum Gasteiger partial charge on any atom is -0.389 e. The predicted molar refractivity (Wildman–Crippen MR) is 273 cm³/mol. The highest BCUT2D eigenvalue weighted by molar-refractivity contribution is 7.17. The van der Waals surface area contributed by atoms with Gasteiger partial charge in [0.15, 0.2) is 10.0 Å². The van der Waals surface area contributed by atoms with E-state index in [0.29, 0.717) is 34.6 Å². The van der Waals surface area contributed by atoms with Gasteiger partial charge in [0.2, 0.25) is 0 Å². The number of aromatic nitrogens is 4. The van der Waals surface area contributed by atoms with E-state index in [2.05, 4.69) is 82.7 Å². The quantitative estimate of drug-likeness (QED) is 0.0624. The lowest BCUT2D eigenvalue weighted by atomic mass is 10.0. The number of hydrogen-bond acceptors (Lipinski definition) is 14. The summed E-state index contributed by atoms with van der Waals surface area (Å²) in [5.74, 6) is 0.422. The molecular weight excluding hydrogens is 901 g/mol. The molecule has 6 rings (SSSR count). The number of hydrogen-bond donors (Lipinski definition) is 6. The van der Waals surface area contributed by atoms with Crippen LogP contribution in [0.2, 0.25) is 0 Å². The normalized spacial score (nSPS) is 17.0. The Bertz CT molecular complexity index is 2420. The van der Waals surface area contributed by atoms with Crippen molar-refractivity contribution in [2.45, 2.75) is 170 Å². The van der Waals surface area contributed by atoms with Crippen LogP contribution >= 0.6 is 22.7 Å². The van der Waals surface area contributed by atoms with Crippen LogP contribution in [-0.4, -0.2) is 125 Å². The average Bonchev–Trinajstić information content (AvgIpc) is 4.03. The molecule has 2 aliphatic rings. The molecule has 372 valence electrons. The molecule has 0 radical (unpaired) electrons. The Labute approximate surface area is 410 Å². The van der Waals surface area contributed by atoms with E-state index < -0.39 is 23.0 Å². The summed E-state index contributed by atoms with van der Waals surface area (Å²) in [6, 6.07) is 4.49. The fourth-order valence-electron chi connectivity index (χ4n) is 7.67. The number of amides is 4. The molecule has 4 aromatic heterocycles. The van der Waals surface area contributed by atoms with Crippen LogP contribution in [0.4, 0.5) is 11.6 Å². The van der Waals surface area contributed by atoms with E-state index in [9.17, 15) is 29.4 Å². The number of anilines is 2. The zero-order valence-corrected chi connectivity index (χ0v) is 44.0. The van der Waals surface area contributed by atoms with Crippen molar-refractivity contribution < 1.29 is 29.4 Å². The molecule has 0 aromatic carbocycles. The third-order valence-corrected chi connectivity index (χ3v) is 14.5. The highest BCUT2D eigenvalue weighted by Crippen LogP contribution is 2.37. The first-order chi connectivity index (χ1) is 31.8. The number of thiazole rings is 2. The van der Waals surface area contributed by atoms with Crippen LogP contribution in [0, 0.1) is 13.8 Å². The number of nitrogens with one attached hydrogen (secondary N) is 4. The number of rotatable bonds is 16. The fraction of sp³-hybridized carbons (Fsp3) is 0.600. The maximum atomic E-state index is 13.6. The molecule has 0 unspecified atom stereocenters. The van der Waals surface area contributed by atoms with Crippen molar-refractivity contribution in [3.8, 4) is 20.9 Å². The van der Waals surface area contributed by atoms with Crippen molar-refractivity contribution in [3.05, 3.63) is 57.1 Å². The van der Waals surface area contributed by atoms with E-state index in [0.717, 1.165) is 78.8 Å². The van der Waals surface area contributed by atoms with Crippen LogP contribution < -0.4 is 21.3 Å². The topological polar surface area (TPSA) is 215 Å². The molecular formula is C50H74N10O6S2. The van der Waals surface area contributed by atoms with E-state index in [1.54, 1.807) is 40.1 Å². The van der Waals surface area contributed by atoms with E-state index in [4.69, 9.17) is 0 Å². The molecule has 4 aromatic rings. The molecule has 18 heteroatoms. The highest BCUT2D eigenvalue weighted by atomic mass is 32.1. The zero-order chi connectivity index (χ0) is 50.3. The summed E-state index contributed by atoms with van der Waals surface area (Å²) >= 11 is 2.38. The Morgan fingerprint density at radius 3 is 1.56 bits per heavy atom. The van der Waals surface area contributed by atoms with Gasteiger partial charge in [-0.3, -0.25) is 19.2 Å². The minimum atomic E-state index is -1.05. The van der Waals surface area contributed by atoms with Gasteiger partial charge in [0.1, 0.15) is 23.0 Å². The summed E-state index contributed by atoms with van der Waals surface area (Å²) in [6.45, 7) is 26.6. The second-order valence-electron chi connectivity index (χ2n) is 20.3. The number of aryl methyl sites for hydroxylation is 2. The van der Waals surface area contributed by atoms with Gasteiger partial charge in [0.05, 0.1) is 21.0 Å². The minimum absolute atomic E-state index is 0.0847. The second kappa shape index (κ2) is 22.6. The van der Waals surface area contributed by atoms with Gasteiger partial charge in [-0.05, 0) is 144 Å². The summed E-state index contributed by atoms with van der Waals surface area (Å²) in [5, 5.41) is 32.6. The van der Waals surface area contributed by atoms with Gasteiger partial charge in [-0.25, -0.2) is 19.9 Å². The van der Waals surface area contributed by atoms with Crippen molar-refractivity contribution >= 4 is 57.9 Å². The van der Waals surface area contributed by atoms with Crippen LogP contribution in [0.15, 0.2) is 24.5 Å². The van der Waals surface area contributed by atoms with Gasteiger partial charge >= 0.3 is 0 Å². The second-order valence-corrected chi connectivity index (χ2v) is 22.3. The van der Waals surface area contributed by atoms with Crippen LogP contribution in [0.1, 0.15) is 173 Å². The van der Waals surface area contributed by atoms with E-state index >= 15 is 0 Å². The van der Waals surface area contributed by atoms with E-state index in [1.165, 1.54) is 22.7 Å². The summed E-state index contributed by atoms with van der Waals surface area (Å²) in [6.07, 6.45) is 10.4. The molecule has 2 aliphatic heterocycles. The monoisotopic (exact) mass is 975 g/mol. The third-order valence-electron chi connectivity index (χ3n) is 12.4. The lowest BCUT2D eigenvalue weighted by Gasteiger charge is -2.33. The molecule has 0 aliphatic carbocycles. The van der Waals surface area contributed by atoms with Gasteiger partial charge < -0.3 is 41.3 Å². The van der Waals surface area contributed by atoms with Gasteiger partial charge in [-0.2, -0.15) is 0 Å². The molecule has 6 N–H and O–H groups in total. The van der Waals surface area contributed by atoms with Crippen molar-refractivity contribution in [2.75, 3.05) is 36.8 Å². The van der Waals surface area contributed by atoms with Crippen LogP contribution in [-0.2, 0) is 0 Å². The molecule has 3 atom stereocenters. The van der Waals surface area contributed by atoms with Gasteiger partial charge in [-0.15, -0.1) is 22.7 Å². The number of nitrogens with zero attached hydrogens (tertiary/aromatic N) is 6. The SMILES string of the molecule is CCC(C)(C)Nc1cc(C)c(-c2sc(C(=O)NCC(C)(C)O)nc2C(=O)N2CCC[C@@H]2C)cn1.CC[C@@H](C)Nc1cc(C)c(-c2sc(C(=O)NCC(C)(C)O)nc2C(=O)N2CCCC[C@@H]2C)cn1. The summed E-state index contributed by atoms with van der Waals surface area (Å²) < 4.78 is 0. The standard InChI is InChI=1S/2C25H37N5O3S/c1-8-24(4,5)29-18-12-15(2)17(13-26-18)20-19(23(32)30-11-9-10-16(30)3)28-22(34-20)21(31)27-14-25(6,7)33;1-7-16(3)28-19-12-15(2)18(13-26-19)21-20(24(32)30-11-9-8-10-17(30)4)29-23(34-21)22(31)27-14-25(5,6)33/h12-13,16,33H,8-11,14H2,1-7H3,(H,26,29)(H,27,31);12-13,16-17,33H,7-11,14H2,1-6H3,(H,26,28)(H,27,31)/t16-;16-,17+/m01/s1. The molecule has 0 bridgehead atoms. The maximum absolute atomic E-state index is 13.6. The van der Waals surface area contributed by atoms with Crippen molar-refractivity contribution in [3.63, 3.8) is 0 Å². The first-order valence-corrected chi connectivity index (χ1v) is 25.6. The average molecular weight is 975 g/mol. The van der Waals surface area contributed by atoms with Gasteiger partial charge in [-0.1, -0.05) is 13.8 Å². The maximum Gasteiger partial charge on any atom is 0.280 e. The number of carbonyl (C=O) groups is 4. The first-order valence-electron chi connectivity index (χ1n) is 23.9. The molecule has 6 heterocycles. The summed E-state index contributed by atoms with van der Waals surface area (Å²) in [5.41, 5.74) is 1.87. The van der Waals surface area contributed by atoms with Crippen molar-refractivity contribution in [2.24, 2.45) is 0 Å². The highest BCUT2D eigenvalue weighted by Gasteiger charge is 2.34. The van der Waals surface area contributed by atoms with Crippen molar-refractivity contribution in [1.29, 1.82) is 0 Å². The number of pyridine rings is 2. The Balaban J connectivity index is 0.000000254. The number of carbonyl (C=O) groups excluding carboxylic acids is 4. The molecule has 16 nitrogen and oxygen atoms in total. The number of likely N-dealkylation sites (tertiary alicyclic amines) is 2. The van der Waals surface area contributed by atoms with Gasteiger partial charge in [0.25, 0.3) is 23.6 Å². The lowest BCUT2D eigenvalue weighted by molar-refractivity contribution is 0.0629. The largest absolute Gasteiger partial charge is 0.389 e. The predicted octanol–water partition coefficient (Wildman–Crippen LogP) is 8.48.